The number of thioether (sulfide) groups is 1. The molecule has 0 bridgehead atoms. The number of Topliss-reactive ketones (excluding diaryl/α,β-unsaturated/α-hetero) is 1. The maximum Gasteiger partial charge on any atom is 0.232 e. The van der Waals surface area contributed by atoms with Gasteiger partial charge in [0.1, 0.15) is 5.03 Å². The van der Waals surface area contributed by atoms with Crippen molar-refractivity contribution >= 4 is 44.3 Å². The molecule has 3 aromatic rings. The zero-order valence-corrected chi connectivity index (χ0v) is 17.9. The summed E-state index contributed by atoms with van der Waals surface area (Å²) in [6.45, 7) is 2.37. The molecule has 2 heterocycles. The normalized spacial score (nSPS) is 14.1. The van der Waals surface area contributed by atoms with Crippen LogP contribution in [-0.4, -0.2) is 42.7 Å². The van der Waals surface area contributed by atoms with Gasteiger partial charge in [-0.1, -0.05) is 23.9 Å². The first-order chi connectivity index (χ1) is 13.8. The van der Waals surface area contributed by atoms with Crippen LogP contribution in [0.4, 0.5) is 5.69 Å². The minimum Gasteiger partial charge on any atom is -0.293 e. The number of nitrogens with zero attached hydrogens (tertiary/aromatic N) is 3. The molecule has 29 heavy (non-hydrogen) atoms. The largest absolute Gasteiger partial charge is 0.293 e. The number of rotatable bonds is 5. The van der Waals surface area contributed by atoms with Crippen molar-refractivity contribution in [3.63, 3.8) is 0 Å². The Morgan fingerprint density at radius 1 is 1.14 bits per heavy atom. The third kappa shape index (κ3) is 4.13. The van der Waals surface area contributed by atoms with E-state index in [-0.39, 0.29) is 11.5 Å². The maximum atomic E-state index is 12.8. The van der Waals surface area contributed by atoms with E-state index in [1.165, 1.54) is 22.3 Å². The molecule has 6 nitrogen and oxygen atoms in total. The van der Waals surface area contributed by atoms with Gasteiger partial charge in [0.05, 0.1) is 34.4 Å². The SMILES string of the molecule is Cc1nc2ccccc2nc1SCC(=O)c1ccc2c(c1)CCCN2S(C)(=O)=O. The Morgan fingerprint density at radius 3 is 2.59 bits per heavy atom. The van der Waals surface area contributed by atoms with E-state index in [9.17, 15) is 13.2 Å². The molecule has 0 unspecified atom stereocenters. The third-order valence-corrected chi connectivity index (χ3v) is 7.17. The van der Waals surface area contributed by atoms with Crippen molar-refractivity contribution in [3.05, 3.63) is 59.3 Å². The maximum absolute atomic E-state index is 12.8. The quantitative estimate of drug-likeness (QED) is 0.457. The molecule has 1 aromatic heterocycles. The van der Waals surface area contributed by atoms with Crippen molar-refractivity contribution in [1.82, 2.24) is 9.97 Å². The van der Waals surface area contributed by atoms with Crippen molar-refractivity contribution in [2.45, 2.75) is 24.8 Å². The van der Waals surface area contributed by atoms with Gasteiger partial charge in [0, 0.05) is 12.1 Å². The summed E-state index contributed by atoms with van der Waals surface area (Å²) in [5.74, 6) is 0.242. The van der Waals surface area contributed by atoms with Crippen molar-refractivity contribution in [2.75, 3.05) is 22.9 Å². The first-order valence-corrected chi connectivity index (χ1v) is 12.2. The van der Waals surface area contributed by atoms with Crippen molar-refractivity contribution in [1.29, 1.82) is 0 Å². The monoisotopic (exact) mass is 427 g/mol. The molecule has 0 aliphatic carbocycles. The average Bonchev–Trinajstić information content (AvgIpc) is 2.70. The molecule has 0 saturated heterocycles. The highest BCUT2D eigenvalue weighted by atomic mass is 32.2. The van der Waals surface area contributed by atoms with Crippen LogP contribution in [0.5, 0.6) is 0 Å². The van der Waals surface area contributed by atoms with Crippen molar-refractivity contribution in [3.8, 4) is 0 Å². The number of sulfonamides is 1. The summed E-state index contributed by atoms with van der Waals surface area (Å²) in [4.78, 5) is 21.9. The highest BCUT2D eigenvalue weighted by Crippen LogP contribution is 2.30. The standard InChI is InChI=1S/C21H21N3O3S2/c1-14-21(23-18-8-4-3-7-17(18)22-14)28-13-20(25)16-9-10-19-15(12-16)6-5-11-24(19)29(2,26)27/h3-4,7-10,12H,5-6,11,13H2,1-2H3. The van der Waals surface area contributed by atoms with Gasteiger partial charge in [-0.3, -0.25) is 9.10 Å². The number of carbonyl (C=O) groups is 1. The zero-order valence-electron chi connectivity index (χ0n) is 16.3. The van der Waals surface area contributed by atoms with Crippen molar-refractivity contribution in [2.24, 2.45) is 0 Å². The van der Waals surface area contributed by atoms with E-state index in [1.807, 2.05) is 37.3 Å². The van der Waals surface area contributed by atoms with E-state index < -0.39 is 10.0 Å². The Labute approximate surface area is 174 Å². The molecule has 150 valence electrons. The number of carbonyl (C=O) groups excluding carboxylic acids is 1. The minimum absolute atomic E-state index is 0.0105. The smallest absolute Gasteiger partial charge is 0.232 e. The van der Waals surface area contributed by atoms with Crippen LogP contribution in [0.3, 0.4) is 0 Å². The van der Waals surface area contributed by atoms with Crippen LogP contribution >= 0.6 is 11.8 Å². The van der Waals surface area contributed by atoms with Gasteiger partial charge in [0.15, 0.2) is 5.78 Å². The highest BCUT2D eigenvalue weighted by molar-refractivity contribution is 8.00. The molecule has 1 aliphatic rings. The predicted octanol–water partition coefficient (Wildman–Crippen LogP) is 3.63. The fourth-order valence-electron chi connectivity index (χ4n) is 3.51. The number of para-hydroxylation sites is 2. The molecule has 0 atom stereocenters. The number of hydrogen-bond donors (Lipinski definition) is 0. The lowest BCUT2D eigenvalue weighted by Crippen LogP contribution is -2.34. The van der Waals surface area contributed by atoms with E-state index in [1.54, 1.807) is 12.1 Å². The lowest BCUT2D eigenvalue weighted by atomic mass is 9.99. The highest BCUT2D eigenvalue weighted by Gasteiger charge is 2.24. The van der Waals surface area contributed by atoms with Gasteiger partial charge in [-0.2, -0.15) is 0 Å². The van der Waals surface area contributed by atoms with Gasteiger partial charge in [0.2, 0.25) is 10.0 Å². The molecule has 0 amide bonds. The van der Waals surface area contributed by atoms with E-state index in [4.69, 9.17) is 0 Å². The van der Waals surface area contributed by atoms with Crippen LogP contribution in [0.25, 0.3) is 11.0 Å². The molecule has 0 radical (unpaired) electrons. The van der Waals surface area contributed by atoms with Gasteiger partial charge in [-0.05, 0) is 55.7 Å². The summed E-state index contributed by atoms with van der Waals surface area (Å²) in [6, 6.07) is 13.0. The van der Waals surface area contributed by atoms with Crippen molar-refractivity contribution < 1.29 is 13.2 Å². The minimum atomic E-state index is -3.31. The van der Waals surface area contributed by atoms with Crippen LogP contribution in [0.2, 0.25) is 0 Å². The lowest BCUT2D eigenvalue weighted by Gasteiger charge is -2.29. The average molecular weight is 428 g/mol. The van der Waals surface area contributed by atoms with Crippen LogP contribution in [0.15, 0.2) is 47.5 Å². The Morgan fingerprint density at radius 2 is 1.86 bits per heavy atom. The number of aromatic nitrogens is 2. The Kier molecular flexibility index (Phi) is 5.31. The lowest BCUT2D eigenvalue weighted by molar-refractivity contribution is 0.102. The predicted molar refractivity (Wildman–Crippen MR) is 116 cm³/mol. The van der Waals surface area contributed by atoms with Gasteiger partial charge in [-0.25, -0.2) is 18.4 Å². The summed E-state index contributed by atoms with van der Waals surface area (Å²) in [7, 11) is -3.31. The molecule has 0 spiro atoms. The first-order valence-electron chi connectivity index (χ1n) is 9.33. The topological polar surface area (TPSA) is 80.2 Å². The van der Waals surface area contributed by atoms with E-state index in [2.05, 4.69) is 9.97 Å². The Hall–Kier alpha value is -2.45. The number of benzene rings is 2. The van der Waals surface area contributed by atoms with Gasteiger partial charge >= 0.3 is 0 Å². The third-order valence-electron chi connectivity index (χ3n) is 4.92. The molecule has 0 saturated carbocycles. The number of fused-ring (bicyclic) bond motifs is 2. The van der Waals surface area contributed by atoms with Crippen LogP contribution < -0.4 is 4.31 Å². The van der Waals surface area contributed by atoms with Gasteiger partial charge in [-0.15, -0.1) is 0 Å². The molecular formula is C21H21N3O3S2. The molecule has 1 aliphatic heterocycles. The molecule has 2 aromatic carbocycles. The Balaban J connectivity index is 1.53. The number of aryl methyl sites for hydroxylation is 2. The molecule has 0 N–H and O–H groups in total. The summed E-state index contributed by atoms with van der Waals surface area (Å²) in [5.41, 5.74) is 4.63. The fourth-order valence-corrected chi connectivity index (χ4v) is 5.35. The summed E-state index contributed by atoms with van der Waals surface area (Å²) >= 11 is 1.38. The van der Waals surface area contributed by atoms with Gasteiger partial charge < -0.3 is 0 Å². The molecule has 8 heteroatoms. The molecular weight excluding hydrogens is 406 g/mol. The number of ketones is 1. The second-order valence-corrected chi connectivity index (χ2v) is 9.97. The first kappa shape index (κ1) is 19.8. The molecule has 0 fully saturated rings. The second-order valence-electron chi connectivity index (χ2n) is 7.10. The van der Waals surface area contributed by atoms with Gasteiger partial charge in [0.25, 0.3) is 0 Å². The Bertz CT molecular complexity index is 1210. The van der Waals surface area contributed by atoms with E-state index in [0.29, 0.717) is 17.8 Å². The summed E-state index contributed by atoms with van der Waals surface area (Å²) in [6.07, 6.45) is 2.73. The van der Waals surface area contributed by atoms with Crippen LogP contribution in [0, 0.1) is 6.92 Å². The zero-order chi connectivity index (χ0) is 20.6. The van der Waals surface area contributed by atoms with Crippen LogP contribution in [-0.2, 0) is 16.4 Å². The van der Waals surface area contributed by atoms with E-state index in [0.717, 1.165) is 40.2 Å². The summed E-state index contributed by atoms with van der Waals surface area (Å²) in [5, 5.41) is 0.748. The van der Waals surface area contributed by atoms with E-state index >= 15 is 0 Å². The summed E-state index contributed by atoms with van der Waals surface area (Å²) < 4.78 is 25.4. The molecule has 4 rings (SSSR count). The fraction of sp³-hybridized carbons (Fsp3) is 0.286. The number of hydrogen-bond acceptors (Lipinski definition) is 6. The number of anilines is 1. The van der Waals surface area contributed by atoms with Crippen LogP contribution in [0.1, 0.15) is 28.0 Å². The second kappa shape index (κ2) is 7.76.